The smallest absolute Gasteiger partial charge is 0.335 e. The summed E-state index contributed by atoms with van der Waals surface area (Å²) in [4.78, 5) is -0.537. The summed E-state index contributed by atoms with van der Waals surface area (Å²) in [5, 5.41) is 0.152. The molecule has 1 aromatic rings. The van der Waals surface area contributed by atoms with E-state index in [1.165, 1.54) is 13.2 Å². The Hall–Kier alpha value is -0.810. The summed E-state index contributed by atoms with van der Waals surface area (Å²) < 4.78 is 39.0. The van der Waals surface area contributed by atoms with Crippen molar-refractivity contribution in [2.45, 2.75) is 11.8 Å². The van der Waals surface area contributed by atoms with E-state index >= 15 is 0 Å². The maximum atomic E-state index is 12.8. The van der Waals surface area contributed by atoms with Gasteiger partial charge in [-0.1, -0.05) is 11.6 Å². The monoisotopic (exact) mass is 238 g/mol. The highest BCUT2D eigenvalue weighted by atomic mass is 35.5. The molecule has 0 spiro atoms. The minimum atomic E-state index is -4.80. The third-order valence-corrected chi connectivity index (χ3v) is 2.72. The summed E-state index contributed by atoms with van der Waals surface area (Å²) in [6.45, 7) is 1.58. The summed E-state index contributed by atoms with van der Waals surface area (Å²) in [6, 6.07) is 2.51. The van der Waals surface area contributed by atoms with E-state index in [1.54, 1.807) is 6.92 Å². The Morgan fingerprint density at radius 3 is 2.43 bits per heavy atom. The van der Waals surface area contributed by atoms with Gasteiger partial charge < -0.3 is 4.74 Å². The van der Waals surface area contributed by atoms with Crippen molar-refractivity contribution in [1.82, 2.24) is 0 Å². The minimum Gasteiger partial charge on any atom is -0.495 e. The van der Waals surface area contributed by atoms with Gasteiger partial charge >= 0.3 is 10.2 Å². The molecule has 0 bridgehead atoms. The zero-order valence-corrected chi connectivity index (χ0v) is 9.12. The number of methoxy groups -OCH3 is 1. The van der Waals surface area contributed by atoms with Gasteiger partial charge in [-0.15, -0.1) is 3.89 Å². The summed E-state index contributed by atoms with van der Waals surface area (Å²) >= 11 is 5.60. The van der Waals surface area contributed by atoms with Gasteiger partial charge in [0.05, 0.1) is 7.11 Å². The number of halogens is 2. The molecular formula is C8H8ClFO3S. The Balaban J connectivity index is 3.56. The van der Waals surface area contributed by atoms with E-state index < -0.39 is 15.1 Å². The number of hydrogen-bond donors (Lipinski definition) is 0. The fourth-order valence-electron chi connectivity index (χ4n) is 1.14. The first kappa shape index (κ1) is 11.3. The molecule has 0 saturated heterocycles. The quantitative estimate of drug-likeness (QED) is 0.743. The lowest BCUT2D eigenvalue weighted by molar-refractivity contribution is 0.398. The van der Waals surface area contributed by atoms with Crippen LogP contribution in [0.2, 0.25) is 5.02 Å². The molecule has 0 heterocycles. The van der Waals surface area contributed by atoms with Crippen LogP contribution >= 0.6 is 11.6 Å². The van der Waals surface area contributed by atoms with Gasteiger partial charge in [0.25, 0.3) is 0 Å². The van der Waals surface area contributed by atoms with Crippen LogP contribution in [0, 0.1) is 6.92 Å². The number of benzene rings is 1. The van der Waals surface area contributed by atoms with Crippen molar-refractivity contribution >= 4 is 21.8 Å². The number of rotatable bonds is 2. The first-order valence-corrected chi connectivity index (χ1v) is 5.41. The van der Waals surface area contributed by atoms with Gasteiger partial charge in [-0.2, -0.15) is 8.42 Å². The van der Waals surface area contributed by atoms with E-state index in [0.717, 1.165) is 6.07 Å². The molecule has 0 aliphatic heterocycles. The van der Waals surface area contributed by atoms with E-state index in [-0.39, 0.29) is 10.8 Å². The normalized spacial score (nSPS) is 11.4. The van der Waals surface area contributed by atoms with Crippen LogP contribution in [0.3, 0.4) is 0 Å². The Bertz CT molecular complexity index is 456. The third kappa shape index (κ3) is 2.16. The zero-order chi connectivity index (χ0) is 10.9. The van der Waals surface area contributed by atoms with E-state index in [0.29, 0.717) is 5.56 Å². The van der Waals surface area contributed by atoms with Crippen LogP contribution in [0.1, 0.15) is 5.56 Å². The van der Waals surface area contributed by atoms with Crippen molar-refractivity contribution < 1.29 is 17.0 Å². The second-order valence-electron chi connectivity index (χ2n) is 2.69. The molecule has 0 amide bonds. The number of hydrogen-bond acceptors (Lipinski definition) is 3. The summed E-state index contributed by atoms with van der Waals surface area (Å²) in [5.74, 6) is -0.0168. The third-order valence-electron chi connectivity index (χ3n) is 1.67. The fourth-order valence-corrected chi connectivity index (χ4v) is 2.21. The summed E-state index contributed by atoms with van der Waals surface area (Å²) in [7, 11) is -3.53. The molecule has 0 aliphatic carbocycles. The van der Waals surface area contributed by atoms with Gasteiger partial charge in [-0.05, 0) is 24.6 Å². The first-order valence-electron chi connectivity index (χ1n) is 3.65. The van der Waals surface area contributed by atoms with E-state index in [1.807, 2.05) is 0 Å². The number of aryl methyl sites for hydroxylation is 1. The van der Waals surface area contributed by atoms with E-state index in [4.69, 9.17) is 16.3 Å². The Kier molecular flexibility index (Phi) is 3.01. The largest absolute Gasteiger partial charge is 0.495 e. The van der Waals surface area contributed by atoms with Crippen molar-refractivity contribution in [2.75, 3.05) is 7.11 Å². The minimum absolute atomic E-state index is 0.0168. The van der Waals surface area contributed by atoms with Gasteiger partial charge in [0.15, 0.2) is 0 Å². The molecule has 0 saturated carbocycles. The van der Waals surface area contributed by atoms with Crippen LogP contribution in [0.5, 0.6) is 5.75 Å². The molecule has 0 aliphatic rings. The molecule has 0 aromatic heterocycles. The highest BCUT2D eigenvalue weighted by Gasteiger charge is 2.20. The molecule has 0 N–H and O–H groups in total. The number of ether oxygens (including phenoxy) is 1. The second-order valence-corrected chi connectivity index (χ2v) is 4.44. The lowest BCUT2D eigenvalue weighted by atomic mass is 10.2. The Morgan fingerprint density at radius 1 is 1.43 bits per heavy atom. The molecule has 0 atom stereocenters. The molecule has 0 fully saturated rings. The van der Waals surface area contributed by atoms with Crippen LogP contribution in [0.4, 0.5) is 3.89 Å². The lowest BCUT2D eigenvalue weighted by Crippen LogP contribution is -1.99. The summed E-state index contributed by atoms with van der Waals surface area (Å²) in [5.41, 5.74) is 0.469. The zero-order valence-electron chi connectivity index (χ0n) is 7.54. The summed E-state index contributed by atoms with van der Waals surface area (Å²) in [6.07, 6.45) is 0. The van der Waals surface area contributed by atoms with Gasteiger partial charge in [0.2, 0.25) is 0 Å². The molecule has 0 radical (unpaired) electrons. The van der Waals surface area contributed by atoms with Crippen LogP contribution in [0.25, 0.3) is 0 Å². The predicted octanol–water partition coefficient (Wildman–Crippen LogP) is 2.32. The fraction of sp³-hybridized carbons (Fsp3) is 0.250. The highest BCUT2D eigenvalue weighted by Crippen LogP contribution is 2.32. The van der Waals surface area contributed by atoms with Crippen molar-refractivity contribution in [1.29, 1.82) is 0 Å². The molecule has 3 nitrogen and oxygen atoms in total. The maximum Gasteiger partial charge on any atom is 0.335 e. The Morgan fingerprint density at radius 2 is 2.00 bits per heavy atom. The van der Waals surface area contributed by atoms with Crippen LogP contribution in [-0.2, 0) is 10.2 Å². The van der Waals surface area contributed by atoms with Crippen LogP contribution in [-0.4, -0.2) is 15.5 Å². The molecular weight excluding hydrogens is 231 g/mol. The first-order chi connectivity index (χ1) is 6.36. The predicted molar refractivity (Wildman–Crippen MR) is 51.0 cm³/mol. The van der Waals surface area contributed by atoms with Gasteiger partial charge in [0, 0.05) is 5.02 Å². The topological polar surface area (TPSA) is 43.4 Å². The molecule has 1 aromatic carbocycles. The van der Waals surface area contributed by atoms with Crippen molar-refractivity contribution in [2.24, 2.45) is 0 Å². The van der Waals surface area contributed by atoms with E-state index in [2.05, 4.69) is 0 Å². The average Bonchev–Trinajstić information content (AvgIpc) is 2.01. The van der Waals surface area contributed by atoms with Gasteiger partial charge in [-0.3, -0.25) is 0 Å². The second kappa shape index (κ2) is 3.74. The highest BCUT2D eigenvalue weighted by molar-refractivity contribution is 7.86. The molecule has 78 valence electrons. The molecule has 6 heteroatoms. The van der Waals surface area contributed by atoms with Crippen LogP contribution in [0.15, 0.2) is 17.0 Å². The molecule has 0 unspecified atom stereocenters. The van der Waals surface area contributed by atoms with Crippen molar-refractivity contribution in [3.05, 3.63) is 22.7 Å². The maximum absolute atomic E-state index is 12.8. The van der Waals surface area contributed by atoms with Gasteiger partial charge in [-0.25, -0.2) is 0 Å². The standard InChI is InChI=1S/C8H8ClFO3S/c1-5-3-6(9)4-7(8(5)13-2)14(10,11)12/h3-4H,1-2H3. The van der Waals surface area contributed by atoms with Gasteiger partial charge in [0.1, 0.15) is 10.6 Å². The Labute approximate surface area is 86.7 Å². The molecule has 14 heavy (non-hydrogen) atoms. The van der Waals surface area contributed by atoms with E-state index in [9.17, 15) is 12.3 Å². The SMILES string of the molecule is COc1c(C)cc(Cl)cc1S(=O)(=O)F. The molecule has 1 rings (SSSR count). The average molecular weight is 239 g/mol. The van der Waals surface area contributed by atoms with Crippen molar-refractivity contribution in [3.63, 3.8) is 0 Å². The van der Waals surface area contributed by atoms with Crippen LogP contribution < -0.4 is 4.74 Å². The van der Waals surface area contributed by atoms with Crippen molar-refractivity contribution in [3.8, 4) is 5.75 Å². The lowest BCUT2D eigenvalue weighted by Gasteiger charge is -2.08.